The van der Waals surface area contributed by atoms with E-state index in [0.717, 1.165) is 12.8 Å². The Kier molecular flexibility index (Phi) is 7.23. The van der Waals surface area contributed by atoms with Crippen LogP contribution in [0.25, 0.3) is 0 Å². The largest absolute Gasteiger partial charge is 0.392 e. The van der Waals surface area contributed by atoms with Gasteiger partial charge in [-0.05, 0) is 39.2 Å². The summed E-state index contributed by atoms with van der Waals surface area (Å²) in [4.78, 5) is 14.1. The lowest BCUT2D eigenvalue weighted by Crippen LogP contribution is -2.50. The standard InChI is InChI=1S/C17H28N2O2/c1-5-16(11-15-9-7-6-8-10-15)18-17(21)19(13(2)3)12-14(4)20/h6-10,13-14,16,20H,5,11-12H2,1-4H3,(H,18,21). The van der Waals surface area contributed by atoms with E-state index < -0.39 is 6.10 Å². The maximum atomic E-state index is 12.4. The molecule has 0 bridgehead atoms. The normalized spacial score (nSPS) is 13.8. The van der Waals surface area contributed by atoms with Crippen LogP contribution in [-0.4, -0.2) is 40.8 Å². The van der Waals surface area contributed by atoms with Crippen molar-refractivity contribution in [2.45, 2.75) is 58.7 Å². The zero-order valence-corrected chi connectivity index (χ0v) is 13.5. The number of aliphatic hydroxyl groups is 1. The quantitative estimate of drug-likeness (QED) is 0.812. The fourth-order valence-corrected chi connectivity index (χ4v) is 2.27. The van der Waals surface area contributed by atoms with Crippen molar-refractivity contribution in [1.29, 1.82) is 0 Å². The fourth-order valence-electron chi connectivity index (χ4n) is 2.27. The van der Waals surface area contributed by atoms with Crippen LogP contribution in [-0.2, 0) is 6.42 Å². The van der Waals surface area contributed by atoms with E-state index in [1.54, 1.807) is 11.8 Å². The minimum atomic E-state index is -0.521. The average molecular weight is 292 g/mol. The van der Waals surface area contributed by atoms with Crippen LogP contribution < -0.4 is 5.32 Å². The molecule has 2 amide bonds. The third kappa shape index (κ3) is 6.17. The van der Waals surface area contributed by atoms with Crippen LogP contribution in [0, 0.1) is 0 Å². The molecule has 0 fully saturated rings. The number of carbonyl (C=O) groups is 1. The van der Waals surface area contributed by atoms with Gasteiger partial charge in [0.2, 0.25) is 0 Å². The predicted octanol–water partition coefficient (Wildman–Crippen LogP) is 2.81. The van der Waals surface area contributed by atoms with Crippen molar-refractivity contribution in [2.24, 2.45) is 0 Å². The van der Waals surface area contributed by atoms with Crippen molar-refractivity contribution in [2.75, 3.05) is 6.54 Å². The minimum Gasteiger partial charge on any atom is -0.392 e. The highest BCUT2D eigenvalue weighted by atomic mass is 16.3. The van der Waals surface area contributed by atoms with Crippen molar-refractivity contribution in [1.82, 2.24) is 10.2 Å². The van der Waals surface area contributed by atoms with Crippen LogP contribution in [0.2, 0.25) is 0 Å². The number of nitrogens with one attached hydrogen (secondary N) is 1. The van der Waals surface area contributed by atoms with Crippen LogP contribution in [0.15, 0.2) is 30.3 Å². The van der Waals surface area contributed by atoms with E-state index in [1.165, 1.54) is 5.56 Å². The Morgan fingerprint density at radius 1 is 1.24 bits per heavy atom. The smallest absolute Gasteiger partial charge is 0.317 e. The number of hydrogen-bond donors (Lipinski definition) is 2. The predicted molar refractivity (Wildman–Crippen MR) is 86.3 cm³/mol. The molecule has 2 unspecified atom stereocenters. The monoisotopic (exact) mass is 292 g/mol. The van der Waals surface area contributed by atoms with Crippen LogP contribution in [0.5, 0.6) is 0 Å². The van der Waals surface area contributed by atoms with Gasteiger partial charge in [0.05, 0.1) is 6.10 Å². The number of carbonyl (C=O) groups excluding carboxylic acids is 1. The van der Waals surface area contributed by atoms with Gasteiger partial charge in [0.15, 0.2) is 0 Å². The van der Waals surface area contributed by atoms with Gasteiger partial charge in [0, 0.05) is 18.6 Å². The SMILES string of the molecule is CCC(Cc1ccccc1)NC(=O)N(CC(C)O)C(C)C. The van der Waals surface area contributed by atoms with Gasteiger partial charge < -0.3 is 15.3 Å². The molecule has 4 nitrogen and oxygen atoms in total. The lowest BCUT2D eigenvalue weighted by molar-refractivity contribution is 0.117. The fraction of sp³-hybridized carbons (Fsp3) is 0.588. The molecule has 1 aromatic carbocycles. The second kappa shape index (κ2) is 8.67. The molecule has 0 saturated heterocycles. The van der Waals surface area contributed by atoms with Gasteiger partial charge in [-0.1, -0.05) is 37.3 Å². The molecule has 118 valence electrons. The second-order valence-corrected chi connectivity index (χ2v) is 5.84. The first kappa shape index (κ1) is 17.5. The molecule has 4 heteroatoms. The summed E-state index contributed by atoms with van der Waals surface area (Å²) in [5.41, 5.74) is 1.22. The van der Waals surface area contributed by atoms with Crippen molar-refractivity contribution < 1.29 is 9.90 Å². The molecule has 1 aromatic rings. The van der Waals surface area contributed by atoms with E-state index in [1.807, 2.05) is 32.0 Å². The Morgan fingerprint density at radius 3 is 2.33 bits per heavy atom. The molecule has 21 heavy (non-hydrogen) atoms. The van der Waals surface area contributed by atoms with Crippen molar-refractivity contribution in [3.05, 3.63) is 35.9 Å². The molecular weight excluding hydrogens is 264 g/mol. The summed E-state index contributed by atoms with van der Waals surface area (Å²) in [5.74, 6) is 0. The maximum Gasteiger partial charge on any atom is 0.317 e. The third-order valence-corrected chi connectivity index (χ3v) is 3.49. The number of benzene rings is 1. The lowest BCUT2D eigenvalue weighted by atomic mass is 10.0. The number of aliphatic hydroxyl groups excluding tert-OH is 1. The summed E-state index contributed by atoms with van der Waals surface area (Å²) in [6.45, 7) is 8.04. The molecule has 0 radical (unpaired) electrons. The van der Waals surface area contributed by atoms with Crippen LogP contribution in [0.4, 0.5) is 4.79 Å². The molecule has 2 N–H and O–H groups in total. The molecule has 0 aliphatic rings. The number of hydrogen-bond acceptors (Lipinski definition) is 2. The second-order valence-electron chi connectivity index (χ2n) is 5.84. The van der Waals surface area contributed by atoms with Crippen LogP contribution in [0.1, 0.15) is 39.7 Å². The lowest BCUT2D eigenvalue weighted by Gasteiger charge is -2.30. The Labute approximate surface area is 128 Å². The van der Waals surface area contributed by atoms with Crippen molar-refractivity contribution >= 4 is 6.03 Å². The molecule has 2 atom stereocenters. The third-order valence-electron chi connectivity index (χ3n) is 3.49. The molecule has 0 aromatic heterocycles. The van der Waals surface area contributed by atoms with Crippen molar-refractivity contribution in [3.63, 3.8) is 0 Å². The summed E-state index contributed by atoms with van der Waals surface area (Å²) in [6, 6.07) is 10.2. The van der Waals surface area contributed by atoms with E-state index in [-0.39, 0.29) is 18.1 Å². The highest BCUT2D eigenvalue weighted by Crippen LogP contribution is 2.08. The van der Waals surface area contributed by atoms with Crippen LogP contribution in [0.3, 0.4) is 0 Å². The number of nitrogens with zero attached hydrogens (tertiary/aromatic N) is 1. The summed E-state index contributed by atoms with van der Waals surface area (Å²) >= 11 is 0. The van der Waals surface area contributed by atoms with Gasteiger partial charge in [0.1, 0.15) is 0 Å². The van der Waals surface area contributed by atoms with Crippen molar-refractivity contribution in [3.8, 4) is 0 Å². The van der Waals surface area contributed by atoms with Gasteiger partial charge in [-0.25, -0.2) is 4.79 Å². The van der Waals surface area contributed by atoms with E-state index in [4.69, 9.17) is 0 Å². The molecule has 1 rings (SSSR count). The molecule has 0 saturated carbocycles. The van der Waals surface area contributed by atoms with Gasteiger partial charge in [-0.15, -0.1) is 0 Å². The summed E-state index contributed by atoms with van der Waals surface area (Å²) in [6.07, 6.45) is 1.18. The summed E-state index contributed by atoms with van der Waals surface area (Å²) in [5, 5.41) is 12.6. The van der Waals surface area contributed by atoms with E-state index in [0.29, 0.717) is 6.54 Å². The van der Waals surface area contributed by atoms with E-state index >= 15 is 0 Å². The topological polar surface area (TPSA) is 52.6 Å². The highest BCUT2D eigenvalue weighted by molar-refractivity contribution is 5.74. The first-order valence-corrected chi connectivity index (χ1v) is 7.73. The van der Waals surface area contributed by atoms with Crippen LogP contribution >= 0.6 is 0 Å². The Hall–Kier alpha value is -1.55. The Bertz CT molecular complexity index is 418. The number of urea groups is 1. The highest BCUT2D eigenvalue weighted by Gasteiger charge is 2.21. The summed E-state index contributed by atoms with van der Waals surface area (Å²) < 4.78 is 0. The maximum absolute atomic E-state index is 12.4. The number of rotatable bonds is 7. The van der Waals surface area contributed by atoms with Gasteiger partial charge in [-0.3, -0.25) is 0 Å². The zero-order valence-electron chi connectivity index (χ0n) is 13.5. The molecule has 0 aliphatic carbocycles. The first-order chi connectivity index (χ1) is 9.93. The molecule has 0 heterocycles. The van der Waals surface area contributed by atoms with E-state index in [2.05, 4.69) is 24.4 Å². The Balaban J connectivity index is 2.64. The summed E-state index contributed by atoms with van der Waals surface area (Å²) in [7, 11) is 0. The Morgan fingerprint density at radius 2 is 1.86 bits per heavy atom. The number of amides is 2. The van der Waals surface area contributed by atoms with Gasteiger partial charge >= 0.3 is 6.03 Å². The van der Waals surface area contributed by atoms with Gasteiger partial charge in [-0.2, -0.15) is 0 Å². The molecular formula is C17H28N2O2. The minimum absolute atomic E-state index is 0.0637. The van der Waals surface area contributed by atoms with Gasteiger partial charge in [0.25, 0.3) is 0 Å². The zero-order chi connectivity index (χ0) is 15.8. The average Bonchev–Trinajstić information content (AvgIpc) is 2.44. The van der Waals surface area contributed by atoms with E-state index in [9.17, 15) is 9.90 Å². The molecule has 0 aliphatic heterocycles. The first-order valence-electron chi connectivity index (χ1n) is 7.73. The molecule has 0 spiro atoms.